The van der Waals surface area contributed by atoms with Crippen LogP contribution in [0.25, 0.3) is 11.4 Å². The Morgan fingerprint density at radius 3 is 2.43 bits per heavy atom. The average molecular weight is 631 g/mol. The molecule has 4 aromatic rings. The van der Waals surface area contributed by atoms with Gasteiger partial charge in [0.15, 0.2) is 11.5 Å². The molecule has 1 aliphatic heterocycles. The molecule has 240 valence electrons. The van der Waals surface area contributed by atoms with Gasteiger partial charge in [-0.05, 0) is 37.5 Å². The van der Waals surface area contributed by atoms with Crippen molar-refractivity contribution in [3.8, 4) is 22.9 Å². The maximum Gasteiger partial charge on any atom is 0.411 e. The van der Waals surface area contributed by atoms with Gasteiger partial charge in [0.05, 0.1) is 24.8 Å². The predicted octanol–water partition coefficient (Wildman–Crippen LogP) is 3.59. The van der Waals surface area contributed by atoms with Gasteiger partial charge in [0.2, 0.25) is 17.6 Å². The number of ether oxygens (including phenoxy) is 3. The van der Waals surface area contributed by atoms with Crippen molar-refractivity contribution in [1.82, 2.24) is 25.1 Å². The molecule has 0 spiro atoms. The standard InChI is InChI=1S/C32H34N6O8/c1-18(2)25(26(40)28-36-37-30(46-28)32(3,4)20-11-12-22-23(15-20)45-14-13-44-22)35-24(39)17-38-27(19-9-7-6-8-10-19)33-16-21(29(38)41)34-31(42)43-5/h6-12,15-16,18,25H,13-14,17H2,1-5H3,(H,34,42)(H,35,39). The zero-order valence-corrected chi connectivity index (χ0v) is 26.0. The van der Waals surface area contributed by atoms with E-state index >= 15 is 0 Å². The Bertz CT molecular complexity index is 1810. The van der Waals surface area contributed by atoms with E-state index in [1.165, 1.54) is 6.20 Å². The highest BCUT2D eigenvalue weighted by atomic mass is 16.6. The van der Waals surface area contributed by atoms with Crippen LogP contribution < -0.4 is 25.7 Å². The topological polar surface area (TPSA) is 177 Å². The highest BCUT2D eigenvalue weighted by Crippen LogP contribution is 2.38. The number of amides is 2. The van der Waals surface area contributed by atoms with Crippen LogP contribution >= 0.6 is 0 Å². The smallest absolute Gasteiger partial charge is 0.411 e. The van der Waals surface area contributed by atoms with Crippen LogP contribution in [0.2, 0.25) is 0 Å². The molecule has 2 aromatic carbocycles. The van der Waals surface area contributed by atoms with Crippen molar-refractivity contribution in [3.63, 3.8) is 0 Å². The number of methoxy groups -OCH3 is 1. The second-order valence-corrected chi connectivity index (χ2v) is 11.4. The summed E-state index contributed by atoms with van der Waals surface area (Å²) in [6, 6.07) is 13.2. The van der Waals surface area contributed by atoms with Crippen LogP contribution in [-0.2, 0) is 21.5 Å². The van der Waals surface area contributed by atoms with Gasteiger partial charge in [0.25, 0.3) is 11.4 Å². The lowest BCUT2D eigenvalue weighted by Gasteiger charge is -2.24. The second kappa shape index (κ2) is 13.2. The summed E-state index contributed by atoms with van der Waals surface area (Å²) < 4.78 is 22.9. The molecule has 2 N–H and O–H groups in total. The largest absolute Gasteiger partial charge is 0.486 e. The number of rotatable bonds is 10. The summed E-state index contributed by atoms with van der Waals surface area (Å²) in [5.74, 6) is -0.265. The van der Waals surface area contributed by atoms with Crippen LogP contribution in [0.3, 0.4) is 0 Å². The number of carbonyl (C=O) groups excluding carboxylic acids is 3. The number of nitrogens with zero attached hydrogens (tertiary/aromatic N) is 4. The first-order valence-electron chi connectivity index (χ1n) is 14.6. The van der Waals surface area contributed by atoms with E-state index in [2.05, 4.69) is 30.6 Å². The molecule has 2 amide bonds. The number of Topliss-reactive ketones (excluding diaryl/α,β-unsaturated/α-hetero) is 1. The molecule has 1 aliphatic rings. The Kier molecular flexibility index (Phi) is 9.16. The zero-order valence-electron chi connectivity index (χ0n) is 26.0. The third kappa shape index (κ3) is 6.60. The Balaban J connectivity index is 1.37. The first-order chi connectivity index (χ1) is 22.0. The molecule has 0 aliphatic carbocycles. The van der Waals surface area contributed by atoms with Crippen molar-refractivity contribution in [2.24, 2.45) is 5.92 Å². The monoisotopic (exact) mass is 630 g/mol. The minimum atomic E-state index is -1.06. The highest BCUT2D eigenvalue weighted by Gasteiger charge is 2.35. The molecule has 0 saturated heterocycles. The van der Waals surface area contributed by atoms with Crippen molar-refractivity contribution < 1.29 is 33.0 Å². The molecule has 0 radical (unpaired) electrons. The molecule has 14 nitrogen and oxygen atoms in total. The molecular weight excluding hydrogens is 596 g/mol. The second-order valence-electron chi connectivity index (χ2n) is 11.4. The molecule has 2 aromatic heterocycles. The van der Waals surface area contributed by atoms with Gasteiger partial charge in [-0.2, -0.15) is 0 Å². The summed E-state index contributed by atoms with van der Waals surface area (Å²) in [6.07, 6.45) is 0.319. The van der Waals surface area contributed by atoms with Crippen molar-refractivity contribution in [3.05, 3.63) is 82.4 Å². The Morgan fingerprint density at radius 2 is 1.74 bits per heavy atom. The number of aromatic nitrogens is 4. The molecule has 0 saturated carbocycles. The van der Waals surface area contributed by atoms with E-state index in [1.807, 2.05) is 32.0 Å². The number of benzene rings is 2. The third-order valence-corrected chi connectivity index (χ3v) is 7.50. The molecule has 46 heavy (non-hydrogen) atoms. The Morgan fingerprint density at radius 1 is 1.02 bits per heavy atom. The molecule has 1 atom stereocenters. The van der Waals surface area contributed by atoms with E-state index in [0.717, 1.165) is 17.2 Å². The minimum absolute atomic E-state index is 0.185. The number of anilines is 1. The van der Waals surface area contributed by atoms with Crippen LogP contribution in [0.4, 0.5) is 10.5 Å². The Labute approximate surface area is 264 Å². The van der Waals surface area contributed by atoms with Gasteiger partial charge in [-0.3, -0.25) is 24.3 Å². The lowest BCUT2D eigenvalue weighted by molar-refractivity contribution is -0.122. The number of hydrogen-bond donors (Lipinski definition) is 2. The quantitative estimate of drug-likeness (QED) is 0.245. The van der Waals surface area contributed by atoms with Crippen molar-refractivity contribution in [1.29, 1.82) is 0 Å². The third-order valence-electron chi connectivity index (χ3n) is 7.50. The SMILES string of the molecule is COC(=O)Nc1cnc(-c2ccccc2)n(CC(=O)NC(C(=O)c2nnc(C(C)(C)c3ccc4c(c3)OCCO4)o2)C(C)C)c1=O. The number of hydrogen-bond acceptors (Lipinski definition) is 11. The van der Waals surface area contributed by atoms with Gasteiger partial charge < -0.3 is 23.9 Å². The fourth-order valence-corrected chi connectivity index (χ4v) is 4.86. The molecule has 0 bridgehead atoms. The van der Waals surface area contributed by atoms with Crippen molar-refractivity contribution >= 4 is 23.5 Å². The fraction of sp³-hybridized carbons (Fsp3) is 0.344. The highest BCUT2D eigenvalue weighted by molar-refractivity contribution is 5.98. The fourth-order valence-electron chi connectivity index (χ4n) is 4.86. The maximum atomic E-state index is 13.6. The van der Waals surface area contributed by atoms with Gasteiger partial charge in [-0.1, -0.05) is 50.2 Å². The molecule has 3 heterocycles. The van der Waals surface area contributed by atoms with Gasteiger partial charge in [-0.15, -0.1) is 10.2 Å². The van der Waals surface area contributed by atoms with Crippen LogP contribution in [-0.4, -0.2) is 63.9 Å². The van der Waals surface area contributed by atoms with Gasteiger partial charge in [0.1, 0.15) is 31.3 Å². The van der Waals surface area contributed by atoms with Crippen LogP contribution in [0.1, 0.15) is 49.8 Å². The first-order valence-corrected chi connectivity index (χ1v) is 14.6. The maximum absolute atomic E-state index is 13.6. The number of nitrogens with one attached hydrogen (secondary N) is 2. The summed E-state index contributed by atoms with van der Waals surface area (Å²) >= 11 is 0. The van der Waals surface area contributed by atoms with E-state index in [9.17, 15) is 19.2 Å². The van der Waals surface area contributed by atoms with Gasteiger partial charge in [-0.25, -0.2) is 9.78 Å². The zero-order chi connectivity index (χ0) is 33.0. The normalized spacial score (nSPS) is 13.2. The molecule has 5 rings (SSSR count). The molecular formula is C32H34N6O8. The number of ketones is 1. The lowest BCUT2D eigenvalue weighted by atomic mass is 9.84. The van der Waals surface area contributed by atoms with Crippen molar-refractivity contribution in [2.45, 2.75) is 45.7 Å². The van der Waals surface area contributed by atoms with Crippen LogP contribution in [0.15, 0.2) is 63.9 Å². The first kappa shape index (κ1) is 31.9. The van der Waals surface area contributed by atoms with E-state index in [4.69, 9.17) is 13.9 Å². The lowest BCUT2D eigenvalue weighted by Crippen LogP contribution is -2.46. The molecule has 1 unspecified atom stereocenters. The predicted molar refractivity (Wildman–Crippen MR) is 165 cm³/mol. The van der Waals surface area contributed by atoms with E-state index in [1.54, 1.807) is 44.2 Å². The Hall–Kier alpha value is -5.53. The molecule has 14 heteroatoms. The number of carbonyl (C=O) groups is 3. The summed E-state index contributed by atoms with van der Waals surface area (Å²) in [6.45, 7) is 7.66. The average Bonchev–Trinajstić information content (AvgIpc) is 3.57. The summed E-state index contributed by atoms with van der Waals surface area (Å²) in [5, 5.41) is 13.2. The van der Waals surface area contributed by atoms with E-state index < -0.39 is 41.3 Å². The summed E-state index contributed by atoms with van der Waals surface area (Å²) in [7, 11) is 1.15. The number of fused-ring (bicyclic) bond motifs is 1. The van der Waals surface area contributed by atoms with E-state index in [0.29, 0.717) is 30.3 Å². The summed E-state index contributed by atoms with van der Waals surface area (Å²) in [5.41, 5.74) is -0.291. The van der Waals surface area contributed by atoms with Crippen molar-refractivity contribution in [2.75, 3.05) is 25.6 Å². The van der Waals surface area contributed by atoms with E-state index in [-0.39, 0.29) is 29.2 Å². The van der Waals surface area contributed by atoms with Gasteiger partial charge >= 0.3 is 6.09 Å². The van der Waals surface area contributed by atoms with Crippen LogP contribution in [0, 0.1) is 5.92 Å². The van der Waals surface area contributed by atoms with Gasteiger partial charge in [0, 0.05) is 5.56 Å². The minimum Gasteiger partial charge on any atom is -0.486 e. The molecule has 0 fully saturated rings. The summed E-state index contributed by atoms with van der Waals surface area (Å²) in [4.78, 5) is 56.5. The van der Waals surface area contributed by atoms with Crippen LogP contribution in [0.5, 0.6) is 11.5 Å².